The van der Waals surface area contributed by atoms with E-state index >= 15 is 0 Å². The van der Waals surface area contributed by atoms with E-state index in [1.807, 2.05) is 0 Å². The Morgan fingerprint density at radius 1 is 1.32 bits per heavy atom. The second-order valence-corrected chi connectivity index (χ2v) is 5.39. The van der Waals surface area contributed by atoms with Gasteiger partial charge in [0.1, 0.15) is 0 Å². The Hall–Kier alpha value is -2.11. The number of nitrogens with one attached hydrogen (secondary N) is 2. The van der Waals surface area contributed by atoms with E-state index in [-0.39, 0.29) is 5.69 Å². The van der Waals surface area contributed by atoms with Crippen molar-refractivity contribution in [1.29, 1.82) is 0 Å². The van der Waals surface area contributed by atoms with E-state index in [0.29, 0.717) is 12.6 Å². The lowest BCUT2D eigenvalue weighted by atomic mass is 10.1. The van der Waals surface area contributed by atoms with Gasteiger partial charge in [-0.1, -0.05) is 38.3 Å². The van der Waals surface area contributed by atoms with Crippen LogP contribution in [0.25, 0.3) is 0 Å². The molecule has 0 radical (unpaired) electrons. The molecule has 0 amide bonds. The highest BCUT2D eigenvalue weighted by molar-refractivity contribution is 5.79. The number of hydrogen-bond acceptors (Lipinski definition) is 3. The van der Waals surface area contributed by atoms with E-state index < -0.39 is 4.92 Å². The lowest BCUT2D eigenvalue weighted by Gasteiger charge is -2.17. The number of aliphatic imine (C=N–C) groups is 1. The maximum atomic E-state index is 10.6. The number of benzene rings is 1. The molecule has 122 valence electrons. The van der Waals surface area contributed by atoms with E-state index in [0.717, 1.165) is 17.9 Å². The molecule has 0 fully saturated rings. The number of hydrogen-bond donors (Lipinski definition) is 2. The van der Waals surface area contributed by atoms with E-state index in [1.54, 1.807) is 19.2 Å². The average molecular weight is 306 g/mol. The van der Waals surface area contributed by atoms with Gasteiger partial charge in [0.2, 0.25) is 0 Å². The molecule has 0 heterocycles. The fourth-order valence-electron chi connectivity index (χ4n) is 2.12. The molecule has 0 spiro atoms. The summed E-state index contributed by atoms with van der Waals surface area (Å²) in [5, 5.41) is 17.2. The molecular weight excluding hydrogens is 280 g/mol. The highest BCUT2D eigenvalue weighted by Crippen LogP contribution is 2.11. The molecule has 2 N–H and O–H groups in total. The zero-order chi connectivity index (χ0) is 16.4. The van der Waals surface area contributed by atoms with Crippen LogP contribution in [-0.2, 0) is 6.54 Å². The molecule has 0 aliphatic carbocycles. The Morgan fingerprint density at radius 3 is 2.55 bits per heavy atom. The van der Waals surface area contributed by atoms with Crippen LogP contribution in [0.1, 0.15) is 45.1 Å². The Labute approximate surface area is 132 Å². The monoisotopic (exact) mass is 306 g/mol. The fourth-order valence-corrected chi connectivity index (χ4v) is 2.12. The van der Waals surface area contributed by atoms with Crippen LogP contribution in [0, 0.1) is 10.1 Å². The van der Waals surface area contributed by atoms with Crippen molar-refractivity contribution in [1.82, 2.24) is 10.6 Å². The van der Waals surface area contributed by atoms with Crippen molar-refractivity contribution in [2.75, 3.05) is 7.05 Å². The largest absolute Gasteiger partial charge is 0.354 e. The lowest BCUT2D eigenvalue weighted by molar-refractivity contribution is -0.384. The van der Waals surface area contributed by atoms with Crippen LogP contribution in [0.2, 0.25) is 0 Å². The van der Waals surface area contributed by atoms with Crippen LogP contribution in [-0.4, -0.2) is 24.0 Å². The van der Waals surface area contributed by atoms with Gasteiger partial charge in [-0.15, -0.1) is 0 Å². The van der Waals surface area contributed by atoms with Crippen molar-refractivity contribution < 1.29 is 4.92 Å². The number of rotatable bonds is 8. The van der Waals surface area contributed by atoms with Crippen molar-refractivity contribution >= 4 is 11.6 Å². The topological polar surface area (TPSA) is 79.6 Å². The first-order chi connectivity index (χ1) is 10.6. The fraction of sp³-hybridized carbons (Fsp3) is 0.562. The molecule has 6 nitrogen and oxygen atoms in total. The third-order valence-electron chi connectivity index (χ3n) is 3.45. The van der Waals surface area contributed by atoms with Gasteiger partial charge in [0.25, 0.3) is 5.69 Å². The smallest absolute Gasteiger partial charge is 0.269 e. The molecule has 0 aliphatic heterocycles. The highest BCUT2D eigenvalue weighted by Gasteiger charge is 2.06. The minimum absolute atomic E-state index is 0.107. The van der Waals surface area contributed by atoms with Crippen molar-refractivity contribution in [3.8, 4) is 0 Å². The van der Waals surface area contributed by atoms with E-state index in [2.05, 4.69) is 29.5 Å². The summed E-state index contributed by atoms with van der Waals surface area (Å²) in [4.78, 5) is 14.4. The van der Waals surface area contributed by atoms with Gasteiger partial charge in [-0.3, -0.25) is 15.1 Å². The second-order valence-electron chi connectivity index (χ2n) is 5.39. The number of guanidine groups is 1. The molecule has 0 bridgehead atoms. The number of nitrogens with zero attached hydrogens (tertiary/aromatic N) is 2. The first kappa shape index (κ1) is 17.9. The number of nitro benzene ring substituents is 1. The van der Waals surface area contributed by atoms with E-state index in [4.69, 9.17) is 0 Å². The van der Waals surface area contributed by atoms with Gasteiger partial charge in [0.15, 0.2) is 5.96 Å². The maximum absolute atomic E-state index is 10.6. The summed E-state index contributed by atoms with van der Waals surface area (Å²) in [5.74, 6) is 0.752. The summed E-state index contributed by atoms with van der Waals surface area (Å²) >= 11 is 0. The number of non-ortho nitro benzene ring substituents is 1. The minimum Gasteiger partial charge on any atom is -0.354 e. The van der Waals surface area contributed by atoms with Crippen LogP contribution >= 0.6 is 0 Å². The Balaban J connectivity index is 2.41. The first-order valence-electron chi connectivity index (χ1n) is 7.77. The molecule has 22 heavy (non-hydrogen) atoms. The zero-order valence-electron chi connectivity index (χ0n) is 13.6. The van der Waals surface area contributed by atoms with Crippen LogP contribution in [0.15, 0.2) is 29.3 Å². The minimum atomic E-state index is -0.393. The zero-order valence-corrected chi connectivity index (χ0v) is 13.6. The van der Waals surface area contributed by atoms with Gasteiger partial charge in [0.05, 0.1) is 4.92 Å². The lowest BCUT2D eigenvalue weighted by Crippen LogP contribution is -2.41. The van der Waals surface area contributed by atoms with Gasteiger partial charge in [-0.25, -0.2) is 0 Å². The molecule has 1 rings (SSSR count). The van der Waals surface area contributed by atoms with Gasteiger partial charge in [-0.05, 0) is 18.9 Å². The van der Waals surface area contributed by atoms with Crippen molar-refractivity contribution in [3.63, 3.8) is 0 Å². The summed E-state index contributed by atoms with van der Waals surface area (Å²) in [5.41, 5.74) is 1.09. The van der Waals surface area contributed by atoms with E-state index in [1.165, 1.54) is 31.4 Å². The Bertz CT molecular complexity index is 485. The predicted octanol–water partition coefficient (Wildman–Crippen LogP) is 3.23. The van der Waals surface area contributed by atoms with Crippen molar-refractivity contribution in [2.45, 2.75) is 52.1 Å². The van der Waals surface area contributed by atoms with Crippen LogP contribution in [0.5, 0.6) is 0 Å². The first-order valence-corrected chi connectivity index (χ1v) is 7.77. The van der Waals surface area contributed by atoms with Gasteiger partial charge >= 0.3 is 0 Å². The Kier molecular flexibility index (Phi) is 7.96. The SMILES string of the molecule is CCCCCC(C)NC(=NC)NCc1ccc([N+](=O)[O-])cc1. The Morgan fingerprint density at radius 2 is 2.00 bits per heavy atom. The van der Waals surface area contributed by atoms with Gasteiger partial charge in [0, 0.05) is 31.8 Å². The second kappa shape index (κ2) is 9.76. The summed E-state index contributed by atoms with van der Waals surface area (Å²) in [7, 11) is 1.74. The maximum Gasteiger partial charge on any atom is 0.269 e. The molecule has 6 heteroatoms. The molecule has 1 aromatic rings. The molecule has 0 aliphatic rings. The summed E-state index contributed by atoms with van der Waals surface area (Å²) in [6.45, 7) is 4.93. The van der Waals surface area contributed by atoms with Crippen LogP contribution < -0.4 is 10.6 Å². The van der Waals surface area contributed by atoms with Crippen LogP contribution in [0.4, 0.5) is 5.69 Å². The standard InChI is InChI=1S/C16H26N4O2/c1-4-5-6-7-13(2)19-16(17-3)18-12-14-8-10-15(11-9-14)20(21)22/h8-11,13H,4-7,12H2,1-3H3,(H2,17,18,19). The number of unbranched alkanes of at least 4 members (excludes halogenated alkanes) is 2. The van der Waals surface area contributed by atoms with Crippen LogP contribution in [0.3, 0.4) is 0 Å². The summed E-state index contributed by atoms with van der Waals surface area (Å²) in [6, 6.07) is 6.91. The molecule has 0 aromatic heterocycles. The molecule has 1 unspecified atom stereocenters. The normalized spacial score (nSPS) is 12.8. The van der Waals surface area contributed by atoms with Gasteiger partial charge in [-0.2, -0.15) is 0 Å². The quantitative estimate of drug-likeness (QED) is 0.254. The molecule has 1 atom stereocenters. The molecule has 1 aromatic carbocycles. The van der Waals surface area contributed by atoms with Crippen molar-refractivity contribution in [3.05, 3.63) is 39.9 Å². The highest BCUT2D eigenvalue weighted by atomic mass is 16.6. The van der Waals surface area contributed by atoms with Gasteiger partial charge < -0.3 is 10.6 Å². The number of nitro groups is 1. The molecule has 0 saturated carbocycles. The summed E-state index contributed by atoms with van der Waals surface area (Å²) in [6.07, 6.45) is 4.80. The third kappa shape index (κ3) is 6.56. The van der Waals surface area contributed by atoms with Crippen molar-refractivity contribution in [2.24, 2.45) is 4.99 Å². The predicted molar refractivity (Wildman–Crippen MR) is 90.0 cm³/mol. The molecular formula is C16H26N4O2. The average Bonchev–Trinajstić information content (AvgIpc) is 2.52. The van der Waals surface area contributed by atoms with E-state index in [9.17, 15) is 10.1 Å². The summed E-state index contributed by atoms with van der Waals surface area (Å²) < 4.78 is 0. The molecule has 0 saturated heterocycles. The third-order valence-corrected chi connectivity index (χ3v) is 3.45.